The Kier molecular flexibility index (Phi) is 5.21. The van der Waals surface area contributed by atoms with Gasteiger partial charge >= 0.3 is 0 Å². The quantitative estimate of drug-likeness (QED) is 0.845. The summed E-state index contributed by atoms with van der Waals surface area (Å²) in [6, 6.07) is 15.4. The largest absolute Gasteiger partial charge is 0.484 e. The number of carbonyl (C=O) groups excluding carboxylic acids is 1. The van der Waals surface area contributed by atoms with Crippen LogP contribution >= 0.6 is 0 Å². The van der Waals surface area contributed by atoms with Gasteiger partial charge in [-0.15, -0.1) is 0 Å². The Labute approximate surface area is 136 Å². The van der Waals surface area contributed by atoms with E-state index < -0.39 is 0 Å². The first-order valence-corrected chi connectivity index (χ1v) is 7.89. The van der Waals surface area contributed by atoms with E-state index in [0.29, 0.717) is 0 Å². The van der Waals surface area contributed by atoms with Crippen molar-refractivity contribution in [2.75, 3.05) is 32.8 Å². The molecule has 0 atom stereocenters. The van der Waals surface area contributed by atoms with E-state index in [2.05, 4.69) is 9.88 Å². The molecule has 120 valence electrons. The molecular weight excluding hydrogens is 290 g/mol. The number of rotatable bonds is 5. The number of carbonyl (C=O) groups is 1. The topological polar surface area (TPSA) is 45.7 Å². The van der Waals surface area contributed by atoms with Gasteiger partial charge in [0.25, 0.3) is 5.91 Å². The van der Waals surface area contributed by atoms with Crippen molar-refractivity contribution in [3.05, 3.63) is 60.4 Å². The summed E-state index contributed by atoms with van der Waals surface area (Å²) in [7, 11) is 0. The number of aromatic nitrogens is 1. The number of piperazine rings is 1. The zero-order valence-electron chi connectivity index (χ0n) is 13.1. The molecule has 1 aromatic carbocycles. The van der Waals surface area contributed by atoms with E-state index in [0.717, 1.165) is 44.2 Å². The summed E-state index contributed by atoms with van der Waals surface area (Å²) in [4.78, 5) is 20.8. The molecule has 3 rings (SSSR count). The van der Waals surface area contributed by atoms with Gasteiger partial charge in [0, 0.05) is 38.9 Å². The maximum Gasteiger partial charge on any atom is 0.260 e. The van der Waals surface area contributed by atoms with Gasteiger partial charge in [0.15, 0.2) is 6.61 Å². The van der Waals surface area contributed by atoms with Gasteiger partial charge < -0.3 is 9.64 Å². The lowest BCUT2D eigenvalue weighted by molar-refractivity contribution is -0.135. The molecule has 5 nitrogen and oxygen atoms in total. The maximum absolute atomic E-state index is 12.2. The lowest BCUT2D eigenvalue weighted by Crippen LogP contribution is -2.49. The minimum Gasteiger partial charge on any atom is -0.484 e. The van der Waals surface area contributed by atoms with Crippen LogP contribution in [0.2, 0.25) is 0 Å². The second-order valence-electron chi connectivity index (χ2n) is 5.58. The first-order chi connectivity index (χ1) is 11.3. The van der Waals surface area contributed by atoms with Crippen molar-refractivity contribution in [1.29, 1.82) is 0 Å². The number of pyridine rings is 1. The summed E-state index contributed by atoms with van der Waals surface area (Å²) in [6.07, 6.45) is 1.82. The summed E-state index contributed by atoms with van der Waals surface area (Å²) in [5.74, 6) is 0.779. The van der Waals surface area contributed by atoms with Crippen molar-refractivity contribution in [3.8, 4) is 5.75 Å². The molecule has 0 spiro atoms. The molecule has 2 aromatic rings. The van der Waals surface area contributed by atoms with E-state index >= 15 is 0 Å². The third-order valence-corrected chi connectivity index (χ3v) is 3.94. The molecule has 23 heavy (non-hydrogen) atoms. The minimum absolute atomic E-state index is 0.0475. The zero-order valence-corrected chi connectivity index (χ0v) is 13.1. The van der Waals surface area contributed by atoms with Crippen LogP contribution in [-0.4, -0.2) is 53.5 Å². The Morgan fingerprint density at radius 3 is 2.43 bits per heavy atom. The SMILES string of the molecule is O=C(COc1ccccc1)N1CCN(Cc2ccccn2)CC1. The molecule has 1 saturated heterocycles. The van der Waals surface area contributed by atoms with Crippen LogP contribution in [0, 0.1) is 0 Å². The fourth-order valence-electron chi connectivity index (χ4n) is 2.63. The standard InChI is InChI=1S/C18H21N3O2/c22-18(15-23-17-7-2-1-3-8-17)21-12-10-20(11-13-21)14-16-6-4-5-9-19-16/h1-9H,10-15H2. The fraction of sp³-hybridized carbons (Fsp3) is 0.333. The molecule has 5 heteroatoms. The highest BCUT2D eigenvalue weighted by atomic mass is 16.5. The number of amides is 1. The number of hydrogen-bond donors (Lipinski definition) is 0. The lowest BCUT2D eigenvalue weighted by atomic mass is 10.2. The molecular formula is C18H21N3O2. The summed E-state index contributed by atoms with van der Waals surface area (Å²) in [6.45, 7) is 4.16. The molecule has 0 radical (unpaired) electrons. The normalized spacial score (nSPS) is 15.4. The second-order valence-corrected chi connectivity index (χ2v) is 5.58. The van der Waals surface area contributed by atoms with Gasteiger partial charge in [-0.25, -0.2) is 0 Å². The summed E-state index contributed by atoms with van der Waals surface area (Å²) in [5.41, 5.74) is 1.07. The maximum atomic E-state index is 12.2. The molecule has 1 amide bonds. The molecule has 1 aromatic heterocycles. The molecule has 1 fully saturated rings. The number of para-hydroxylation sites is 1. The number of benzene rings is 1. The van der Waals surface area contributed by atoms with Crippen LogP contribution in [0.3, 0.4) is 0 Å². The van der Waals surface area contributed by atoms with E-state index in [1.54, 1.807) is 0 Å². The average Bonchev–Trinajstić information content (AvgIpc) is 2.62. The van der Waals surface area contributed by atoms with Crippen LogP contribution in [0.1, 0.15) is 5.69 Å². The molecule has 0 unspecified atom stereocenters. The highest BCUT2D eigenvalue weighted by molar-refractivity contribution is 5.77. The first-order valence-electron chi connectivity index (χ1n) is 7.89. The summed E-state index contributed by atoms with van der Waals surface area (Å²) >= 11 is 0. The van der Waals surface area contributed by atoms with Gasteiger partial charge in [-0.05, 0) is 24.3 Å². The Hall–Kier alpha value is -2.40. The van der Waals surface area contributed by atoms with Gasteiger partial charge in [-0.2, -0.15) is 0 Å². The molecule has 2 heterocycles. The minimum atomic E-state index is 0.0475. The molecule has 1 aliphatic heterocycles. The van der Waals surface area contributed by atoms with Crippen molar-refractivity contribution in [1.82, 2.24) is 14.8 Å². The monoisotopic (exact) mass is 311 g/mol. The summed E-state index contributed by atoms with van der Waals surface area (Å²) < 4.78 is 5.53. The van der Waals surface area contributed by atoms with Crippen molar-refractivity contribution in [2.24, 2.45) is 0 Å². The third kappa shape index (κ3) is 4.53. The average molecular weight is 311 g/mol. The van der Waals surface area contributed by atoms with Gasteiger partial charge in [0.2, 0.25) is 0 Å². The lowest BCUT2D eigenvalue weighted by Gasteiger charge is -2.34. The van der Waals surface area contributed by atoms with Crippen LogP contribution in [0.15, 0.2) is 54.7 Å². The predicted octanol–water partition coefficient (Wildman–Crippen LogP) is 1.80. The smallest absolute Gasteiger partial charge is 0.260 e. The summed E-state index contributed by atoms with van der Waals surface area (Å²) in [5, 5.41) is 0. The van der Waals surface area contributed by atoms with Gasteiger partial charge in [0.1, 0.15) is 5.75 Å². The van der Waals surface area contributed by atoms with Crippen molar-refractivity contribution >= 4 is 5.91 Å². The van der Waals surface area contributed by atoms with Crippen LogP contribution in [0.25, 0.3) is 0 Å². The first kappa shape index (κ1) is 15.5. The molecule has 1 aliphatic rings. The molecule has 0 saturated carbocycles. The van der Waals surface area contributed by atoms with Crippen LogP contribution in [-0.2, 0) is 11.3 Å². The Morgan fingerprint density at radius 1 is 1.00 bits per heavy atom. The van der Waals surface area contributed by atoms with E-state index in [9.17, 15) is 4.79 Å². The number of hydrogen-bond acceptors (Lipinski definition) is 4. The third-order valence-electron chi connectivity index (χ3n) is 3.94. The Bertz CT molecular complexity index is 611. The Balaban J connectivity index is 1.42. The molecule has 0 N–H and O–H groups in total. The van der Waals surface area contributed by atoms with E-state index in [-0.39, 0.29) is 12.5 Å². The van der Waals surface area contributed by atoms with Crippen molar-refractivity contribution in [3.63, 3.8) is 0 Å². The van der Waals surface area contributed by atoms with E-state index in [1.807, 2.05) is 59.6 Å². The van der Waals surface area contributed by atoms with Gasteiger partial charge in [-0.3, -0.25) is 14.7 Å². The van der Waals surface area contributed by atoms with Crippen LogP contribution in [0.5, 0.6) is 5.75 Å². The number of nitrogens with zero attached hydrogens (tertiary/aromatic N) is 3. The van der Waals surface area contributed by atoms with Gasteiger partial charge in [-0.1, -0.05) is 24.3 Å². The predicted molar refractivity (Wildman–Crippen MR) is 88.0 cm³/mol. The van der Waals surface area contributed by atoms with Crippen LogP contribution < -0.4 is 4.74 Å². The van der Waals surface area contributed by atoms with E-state index in [4.69, 9.17) is 4.74 Å². The highest BCUT2D eigenvalue weighted by Crippen LogP contribution is 2.10. The zero-order chi connectivity index (χ0) is 15.9. The van der Waals surface area contributed by atoms with Crippen LogP contribution in [0.4, 0.5) is 0 Å². The Morgan fingerprint density at radius 2 is 1.74 bits per heavy atom. The fourth-order valence-corrected chi connectivity index (χ4v) is 2.63. The van der Waals surface area contributed by atoms with Crippen molar-refractivity contribution in [2.45, 2.75) is 6.54 Å². The second kappa shape index (κ2) is 7.74. The molecule has 0 bridgehead atoms. The highest BCUT2D eigenvalue weighted by Gasteiger charge is 2.21. The van der Waals surface area contributed by atoms with E-state index in [1.165, 1.54) is 0 Å². The number of ether oxygens (including phenoxy) is 1. The van der Waals surface area contributed by atoms with Crippen molar-refractivity contribution < 1.29 is 9.53 Å². The van der Waals surface area contributed by atoms with Gasteiger partial charge in [0.05, 0.1) is 5.69 Å². The molecule has 0 aliphatic carbocycles.